The van der Waals surface area contributed by atoms with Crippen molar-refractivity contribution >= 4 is 0 Å². The molecule has 2 heterocycles. The fraction of sp³-hybridized carbons (Fsp3) is 0.200. The largest absolute Gasteiger partial charge is 0.330 e. The molecule has 3 nitrogen and oxygen atoms in total. The second-order valence-electron chi connectivity index (χ2n) is 2.90. The highest BCUT2D eigenvalue weighted by Gasteiger charge is 2.06. The summed E-state index contributed by atoms with van der Waals surface area (Å²) in [5.41, 5.74) is 0.567. The maximum absolute atomic E-state index is 12.9. The van der Waals surface area contributed by atoms with Crippen molar-refractivity contribution in [3.05, 3.63) is 36.5 Å². The summed E-state index contributed by atoms with van der Waals surface area (Å²) in [5.74, 6) is 0.410. The van der Waals surface area contributed by atoms with Gasteiger partial charge in [0.05, 0.1) is 0 Å². The molecular weight excluding hydrogens is 181 g/mol. The molecule has 0 unspecified atom stereocenters. The van der Waals surface area contributed by atoms with Gasteiger partial charge >= 0.3 is 0 Å². The van der Waals surface area contributed by atoms with Crippen LogP contribution in [-0.4, -0.2) is 14.5 Å². The summed E-state index contributed by atoms with van der Waals surface area (Å²) in [6.45, 7) is 2.80. The highest BCUT2D eigenvalue weighted by Crippen LogP contribution is 2.14. The molecule has 72 valence electrons. The minimum absolute atomic E-state index is 0.291. The zero-order valence-electron chi connectivity index (χ0n) is 7.81. The van der Waals surface area contributed by atoms with Crippen LogP contribution in [0, 0.1) is 5.82 Å². The van der Waals surface area contributed by atoms with E-state index in [4.69, 9.17) is 0 Å². The summed E-state index contributed by atoms with van der Waals surface area (Å²) in [6, 6.07) is 2.71. The molecule has 0 aliphatic heterocycles. The Hall–Kier alpha value is -1.71. The van der Waals surface area contributed by atoms with Gasteiger partial charge in [-0.2, -0.15) is 0 Å². The van der Waals surface area contributed by atoms with Crippen LogP contribution in [0.4, 0.5) is 4.39 Å². The van der Waals surface area contributed by atoms with E-state index in [1.807, 2.05) is 17.7 Å². The van der Waals surface area contributed by atoms with Gasteiger partial charge in [0.1, 0.15) is 11.5 Å². The fourth-order valence-corrected chi connectivity index (χ4v) is 1.32. The first-order valence-electron chi connectivity index (χ1n) is 4.44. The molecular formula is C10H10FN3. The lowest BCUT2D eigenvalue weighted by Gasteiger charge is -2.03. The van der Waals surface area contributed by atoms with Crippen LogP contribution in [0.15, 0.2) is 30.7 Å². The Labute approximate surface area is 81.2 Å². The van der Waals surface area contributed by atoms with Crippen LogP contribution in [0.3, 0.4) is 0 Å². The molecule has 2 aromatic heterocycles. The van der Waals surface area contributed by atoms with Crippen molar-refractivity contribution in [2.24, 2.45) is 0 Å². The first kappa shape index (κ1) is 8.87. The van der Waals surface area contributed by atoms with Crippen LogP contribution in [0.2, 0.25) is 0 Å². The molecule has 14 heavy (non-hydrogen) atoms. The Morgan fingerprint density at radius 3 is 2.93 bits per heavy atom. The number of nitrogens with zero attached hydrogens (tertiary/aromatic N) is 3. The maximum atomic E-state index is 12.9. The second-order valence-corrected chi connectivity index (χ2v) is 2.90. The maximum Gasteiger partial charge on any atom is 0.158 e. The fourth-order valence-electron chi connectivity index (χ4n) is 1.32. The van der Waals surface area contributed by atoms with Gasteiger partial charge < -0.3 is 4.57 Å². The third-order valence-electron chi connectivity index (χ3n) is 2.01. The van der Waals surface area contributed by atoms with E-state index < -0.39 is 0 Å². The van der Waals surface area contributed by atoms with E-state index in [9.17, 15) is 4.39 Å². The minimum Gasteiger partial charge on any atom is -0.330 e. The van der Waals surface area contributed by atoms with Gasteiger partial charge in [0.2, 0.25) is 0 Å². The average molecular weight is 191 g/mol. The molecule has 0 saturated heterocycles. The highest BCUT2D eigenvalue weighted by atomic mass is 19.1. The molecule has 0 radical (unpaired) electrons. The number of hydrogen-bond acceptors (Lipinski definition) is 2. The predicted octanol–water partition coefficient (Wildman–Crippen LogP) is 2.10. The zero-order valence-corrected chi connectivity index (χ0v) is 7.81. The molecule has 2 rings (SSSR count). The number of imidazole rings is 1. The lowest BCUT2D eigenvalue weighted by Crippen LogP contribution is -1.97. The van der Waals surface area contributed by atoms with Gasteiger partial charge in [0.15, 0.2) is 5.82 Å². The molecule has 0 amide bonds. The van der Waals surface area contributed by atoms with Crippen molar-refractivity contribution < 1.29 is 4.39 Å². The standard InChI is InChI=1S/C10H10FN3/c1-2-14-6-5-13-10(14)9-7-8(11)3-4-12-9/h3-7H,2H2,1H3. The van der Waals surface area contributed by atoms with Crippen molar-refractivity contribution in [1.82, 2.24) is 14.5 Å². The van der Waals surface area contributed by atoms with Crippen molar-refractivity contribution in [3.63, 3.8) is 0 Å². The summed E-state index contributed by atoms with van der Waals surface area (Å²) in [7, 11) is 0. The number of pyridine rings is 1. The number of aryl methyl sites for hydroxylation is 1. The molecule has 0 aliphatic carbocycles. The van der Waals surface area contributed by atoms with Crippen LogP contribution in [0.1, 0.15) is 6.92 Å². The molecule has 0 N–H and O–H groups in total. The van der Waals surface area contributed by atoms with Gasteiger partial charge in [0, 0.05) is 31.2 Å². The van der Waals surface area contributed by atoms with Gasteiger partial charge in [-0.1, -0.05) is 0 Å². The summed E-state index contributed by atoms with van der Waals surface area (Å²) in [4.78, 5) is 8.20. The Kier molecular flexibility index (Phi) is 2.26. The third kappa shape index (κ3) is 1.51. The molecule has 0 aliphatic rings. The van der Waals surface area contributed by atoms with Crippen molar-refractivity contribution in [2.45, 2.75) is 13.5 Å². The Bertz CT molecular complexity index is 436. The zero-order chi connectivity index (χ0) is 9.97. The minimum atomic E-state index is -0.291. The smallest absolute Gasteiger partial charge is 0.158 e. The molecule has 0 atom stereocenters. The molecule has 4 heteroatoms. The Morgan fingerprint density at radius 1 is 1.36 bits per heavy atom. The molecule has 0 spiro atoms. The van der Waals surface area contributed by atoms with E-state index in [1.54, 1.807) is 6.20 Å². The summed E-state index contributed by atoms with van der Waals surface area (Å²) in [5, 5.41) is 0. The van der Waals surface area contributed by atoms with Crippen LogP contribution in [-0.2, 0) is 6.54 Å². The van der Waals surface area contributed by atoms with Crippen molar-refractivity contribution in [1.29, 1.82) is 0 Å². The second kappa shape index (κ2) is 3.57. The quantitative estimate of drug-likeness (QED) is 0.727. The van der Waals surface area contributed by atoms with Gasteiger partial charge in [-0.25, -0.2) is 9.37 Å². The van der Waals surface area contributed by atoms with Gasteiger partial charge in [-0.3, -0.25) is 4.98 Å². The number of aromatic nitrogens is 3. The normalized spacial score (nSPS) is 10.4. The van der Waals surface area contributed by atoms with E-state index >= 15 is 0 Å². The molecule has 0 saturated carbocycles. The summed E-state index contributed by atoms with van der Waals surface area (Å²) in [6.07, 6.45) is 4.98. The SMILES string of the molecule is CCn1ccnc1-c1cc(F)ccn1. The summed E-state index contributed by atoms with van der Waals surface area (Å²) < 4.78 is 14.8. The number of halogens is 1. The van der Waals surface area contributed by atoms with Crippen LogP contribution < -0.4 is 0 Å². The highest BCUT2D eigenvalue weighted by molar-refractivity contribution is 5.49. The molecule has 0 bridgehead atoms. The van der Waals surface area contributed by atoms with Gasteiger partial charge in [-0.15, -0.1) is 0 Å². The van der Waals surface area contributed by atoms with Crippen molar-refractivity contribution in [2.75, 3.05) is 0 Å². The third-order valence-corrected chi connectivity index (χ3v) is 2.01. The van der Waals surface area contributed by atoms with Crippen LogP contribution in [0.25, 0.3) is 11.5 Å². The van der Waals surface area contributed by atoms with E-state index in [0.29, 0.717) is 11.5 Å². The molecule has 2 aromatic rings. The van der Waals surface area contributed by atoms with E-state index in [2.05, 4.69) is 9.97 Å². The first-order chi connectivity index (χ1) is 6.81. The van der Waals surface area contributed by atoms with E-state index in [0.717, 1.165) is 6.54 Å². The van der Waals surface area contributed by atoms with E-state index in [1.165, 1.54) is 18.3 Å². The van der Waals surface area contributed by atoms with Gasteiger partial charge in [-0.05, 0) is 13.0 Å². The molecule has 0 fully saturated rings. The first-order valence-corrected chi connectivity index (χ1v) is 4.44. The van der Waals surface area contributed by atoms with Crippen LogP contribution in [0.5, 0.6) is 0 Å². The van der Waals surface area contributed by atoms with E-state index in [-0.39, 0.29) is 5.82 Å². The Morgan fingerprint density at radius 2 is 2.21 bits per heavy atom. The molecule has 0 aromatic carbocycles. The topological polar surface area (TPSA) is 30.7 Å². The monoisotopic (exact) mass is 191 g/mol. The predicted molar refractivity (Wildman–Crippen MR) is 51.1 cm³/mol. The lowest BCUT2D eigenvalue weighted by atomic mass is 10.3. The number of hydrogen-bond donors (Lipinski definition) is 0. The lowest BCUT2D eigenvalue weighted by molar-refractivity contribution is 0.625. The average Bonchev–Trinajstić information content (AvgIpc) is 2.65. The number of rotatable bonds is 2. The van der Waals surface area contributed by atoms with Crippen molar-refractivity contribution in [3.8, 4) is 11.5 Å². The van der Waals surface area contributed by atoms with Crippen LogP contribution >= 0.6 is 0 Å². The Balaban J connectivity index is 2.49. The van der Waals surface area contributed by atoms with Gasteiger partial charge in [0.25, 0.3) is 0 Å². The summed E-state index contributed by atoms with van der Waals surface area (Å²) >= 11 is 0.